The molecule has 0 spiro atoms. The zero-order valence-corrected chi connectivity index (χ0v) is 31.1. The minimum atomic E-state index is -2.87. The number of nitrogens with zero attached hydrogens (tertiary/aromatic N) is 2. The molecule has 2 amide bonds. The van der Waals surface area contributed by atoms with E-state index in [1.54, 1.807) is 20.8 Å². The van der Waals surface area contributed by atoms with Gasteiger partial charge in [0.2, 0.25) is 0 Å². The lowest BCUT2D eigenvalue weighted by atomic mass is 10.1. The van der Waals surface area contributed by atoms with Crippen molar-refractivity contribution in [2.24, 2.45) is 0 Å². The Labute approximate surface area is 288 Å². The van der Waals surface area contributed by atoms with Crippen molar-refractivity contribution in [2.75, 3.05) is 33.3 Å². The first-order chi connectivity index (χ1) is 22.1. The molecule has 2 aliphatic heterocycles. The Bertz CT molecular complexity index is 1370. The van der Waals surface area contributed by atoms with Crippen molar-refractivity contribution in [1.29, 1.82) is 0 Å². The van der Waals surface area contributed by atoms with Crippen LogP contribution in [-0.4, -0.2) is 93.3 Å². The predicted octanol–water partition coefficient (Wildman–Crippen LogP) is 4.09. The smallest absolute Gasteiger partial charge is 0.408 e. The number of esters is 1. The average Bonchev–Trinajstić information content (AvgIpc) is 3.01. The minimum absolute atomic E-state index is 0.197. The Morgan fingerprint density at radius 1 is 1.00 bits per heavy atom. The average molecular weight is 730 g/mol. The second-order valence-corrected chi connectivity index (χ2v) is 19.4. The Morgan fingerprint density at radius 2 is 1.60 bits per heavy atom. The van der Waals surface area contributed by atoms with E-state index < -0.39 is 38.1 Å². The van der Waals surface area contributed by atoms with Gasteiger partial charge in [0, 0.05) is 30.7 Å². The molecule has 2 aromatic rings. The zero-order chi connectivity index (χ0) is 34.4. The van der Waals surface area contributed by atoms with Crippen molar-refractivity contribution in [3.63, 3.8) is 0 Å². The fourth-order valence-electron chi connectivity index (χ4n) is 6.31. The van der Waals surface area contributed by atoms with Gasteiger partial charge in [-0.15, -0.1) is 0 Å². The molecule has 1 unspecified atom stereocenters. The zero-order valence-electron chi connectivity index (χ0n) is 28.5. The van der Waals surface area contributed by atoms with Gasteiger partial charge in [0.25, 0.3) is 14.2 Å². The molecule has 256 valence electrons. The highest BCUT2D eigenvalue weighted by Gasteiger charge is 2.51. The Kier molecular flexibility index (Phi) is 12.1. The number of carbonyl (C=O) groups is 3. The summed E-state index contributed by atoms with van der Waals surface area (Å²) >= 11 is 3.75. The highest BCUT2D eigenvalue weighted by Crippen LogP contribution is 2.38. The molecule has 1 fully saturated rings. The summed E-state index contributed by atoms with van der Waals surface area (Å²) in [5, 5.41) is 6.36. The molecular weight excluding hydrogens is 680 g/mol. The summed E-state index contributed by atoms with van der Waals surface area (Å²) in [5.41, 5.74) is 2.26. The first-order valence-electron chi connectivity index (χ1n) is 16.2. The summed E-state index contributed by atoms with van der Waals surface area (Å²) in [5.74, 6) is -0.799. The maximum Gasteiger partial charge on any atom is 0.408 e. The van der Waals surface area contributed by atoms with Crippen LogP contribution in [0, 0.1) is 0 Å². The van der Waals surface area contributed by atoms with Crippen LogP contribution < -0.4 is 21.1 Å². The van der Waals surface area contributed by atoms with Gasteiger partial charge in [-0.25, -0.2) is 10.2 Å². The number of alkyl carbamates (subject to hydrolysis) is 1. The first kappa shape index (κ1) is 36.8. The van der Waals surface area contributed by atoms with Gasteiger partial charge >= 0.3 is 12.1 Å². The Balaban J connectivity index is 1.63. The van der Waals surface area contributed by atoms with Gasteiger partial charge in [-0.3, -0.25) is 19.5 Å². The summed E-state index contributed by atoms with van der Waals surface area (Å²) in [6.07, 6.45) is 2.28. The molecule has 4 rings (SSSR count). The lowest BCUT2D eigenvalue weighted by Gasteiger charge is -2.46. The molecule has 12 heteroatoms. The fraction of sp³-hybridized carbons (Fsp3) is 0.514. The van der Waals surface area contributed by atoms with Crippen molar-refractivity contribution in [3.8, 4) is 0 Å². The maximum absolute atomic E-state index is 14.0. The molecule has 2 aliphatic rings. The van der Waals surface area contributed by atoms with Gasteiger partial charge in [-0.05, 0) is 55.1 Å². The van der Waals surface area contributed by atoms with Crippen LogP contribution in [0.3, 0.4) is 0 Å². The number of ether oxygens (including phenoxy) is 2. The van der Waals surface area contributed by atoms with Gasteiger partial charge in [-0.2, -0.15) is 0 Å². The largest absolute Gasteiger partial charge is 0.468 e. The van der Waals surface area contributed by atoms with Crippen molar-refractivity contribution in [3.05, 3.63) is 71.2 Å². The number of halogens is 1. The van der Waals surface area contributed by atoms with Crippen LogP contribution in [0.15, 0.2) is 71.2 Å². The first-order valence-corrected chi connectivity index (χ1v) is 18.9. The van der Waals surface area contributed by atoms with Crippen LogP contribution in [0.2, 0.25) is 5.04 Å². The molecule has 0 saturated carbocycles. The van der Waals surface area contributed by atoms with E-state index in [-0.39, 0.29) is 23.6 Å². The normalized spacial score (nSPS) is 20.2. The molecule has 47 heavy (non-hydrogen) atoms. The van der Waals surface area contributed by atoms with E-state index in [9.17, 15) is 14.4 Å². The lowest BCUT2D eigenvalue weighted by Crippen LogP contribution is -2.68. The summed E-state index contributed by atoms with van der Waals surface area (Å²) in [6, 6.07) is 19.3. The number of rotatable bonds is 9. The van der Waals surface area contributed by atoms with E-state index in [1.165, 1.54) is 22.5 Å². The molecule has 0 radical (unpaired) electrons. The SMILES string of the molecule is COC(=O)[C@@H]1CCCN(C(=O)[C@H](CN2CC(Br)=CC(O[Si](c3ccccc3)(c3ccccc3)C(C)(C)C)C2)NC(=O)OC(C)(C)C)N1. The summed E-state index contributed by atoms with van der Waals surface area (Å²) < 4.78 is 18.8. The highest BCUT2D eigenvalue weighted by atomic mass is 79.9. The molecule has 0 aliphatic carbocycles. The molecule has 10 nitrogen and oxygen atoms in total. The summed E-state index contributed by atoms with van der Waals surface area (Å²) in [7, 11) is -1.55. The van der Waals surface area contributed by atoms with Crippen LogP contribution in [0.4, 0.5) is 4.79 Å². The maximum atomic E-state index is 14.0. The molecule has 0 bridgehead atoms. The van der Waals surface area contributed by atoms with E-state index in [2.05, 4.69) is 107 Å². The third-order valence-electron chi connectivity index (χ3n) is 8.29. The van der Waals surface area contributed by atoms with Crippen molar-refractivity contribution in [1.82, 2.24) is 20.7 Å². The quantitative estimate of drug-likeness (QED) is 0.294. The van der Waals surface area contributed by atoms with Crippen molar-refractivity contribution in [2.45, 2.75) is 83.2 Å². The molecule has 2 N–H and O–H groups in total. The summed E-state index contributed by atoms with van der Waals surface area (Å²) in [4.78, 5) is 41.4. The van der Waals surface area contributed by atoms with Gasteiger partial charge < -0.3 is 19.2 Å². The Morgan fingerprint density at radius 3 is 2.13 bits per heavy atom. The third kappa shape index (κ3) is 9.32. The fourth-order valence-corrected chi connectivity index (χ4v) is 11.6. The highest BCUT2D eigenvalue weighted by molar-refractivity contribution is 9.11. The van der Waals surface area contributed by atoms with Gasteiger partial charge in [0.1, 0.15) is 17.7 Å². The van der Waals surface area contributed by atoms with Gasteiger partial charge in [0.05, 0.1) is 13.2 Å². The van der Waals surface area contributed by atoms with Crippen LogP contribution in [0.25, 0.3) is 0 Å². The van der Waals surface area contributed by atoms with Crippen LogP contribution >= 0.6 is 15.9 Å². The number of benzene rings is 2. The standard InChI is InChI=1S/C35H49BrN4O6Si/c1-34(2,3)45-33(43)37-30(31(41)40-20-14-19-29(38-40)32(42)44-7)24-39-22-25(36)21-26(23-39)46-47(35(4,5)6,27-15-10-8-11-16-27)28-17-12-9-13-18-28/h8-13,15-18,21,26,29-30,38H,14,19-20,22-24H2,1-7H3,(H,37,43)/t26?,29-,30-/m0/s1. The predicted molar refractivity (Wildman–Crippen MR) is 189 cm³/mol. The van der Waals surface area contributed by atoms with Crippen molar-refractivity contribution >= 4 is 52.6 Å². The molecule has 1 saturated heterocycles. The second-order valence-electron chi connectivity index (χ2n) is 14.2. The van der Waals surface area contributed by atoms with Crippen LogP contribution in [0.5, 0.6) is 0 Å². The van der Waals surface area contributed by atoms with E-state index in [1.807, 2.05) is 12.1 Å². The number of carbonyl (C=O) groups excluding carboxylic acids is 3. The monoisotopic (exact) mass is 728 g/mol. The minimum Gasteiger partial charge on any atom is -0.468 e. The van der Waals surface area contributed by atoms with E-state index in [0.717, 1.165) is 4.48 Å². The van der Waals surface area contributed by atoms with E-state index >= 15 is 0 Å². The molecular formula is C35H49BrN4O6Si. The number of amides is 2. The number of hydrazine groups is 1. The lowest BCUT2D eigenvalue weighted by molar-refractivity contribution is -0.150. The number of nitrogens with one attached hydrogen (secondary N) is 2. The number of hydrogen-bond acceptors (Lipinski definition) is 8. The summed E-state index contributed by atoms with van der Waals surface area (Å²) in [6.45, 7) is 13.7. The number of methoxy groups -OCH3 is 1. The topological polar surface area (TPSA) is 109 Å². The molecule has 2 aromatic carbocycles. The van der Waals surface area contributed by atoms with Crippen LogP contribution in [0.1, 0.15) is 54.4 Å². The van der Waals surface area contributed by atoms with Crippen molar-refractivity contribution < 1.29 is 28.3 Å². The van der Waals surface area contributed by atoms with E-state index in [0.29, 0.717) is 32.5 Å². The number of hydrogen-bond donors (Lipinski definition) is 2. The molecule has 3 atom stereocenters. The van der Waals surface area contributed by atoms with Gasteiger partial charge in [-0.1, -0.05) is 97.4 Å². The van der Waals surface area contributed by atoms with E-state index in [4.69, 9.17) is 13.9 Å². The second kappa shape index (κ2) is 15.5. The molecule has 2 heterocycles. The Hall–Kier alpha value is -3.03. The van der Waals surface area contributed by atoms with Crippen LogP contribution in [-0.2, 0) is 23.5 Å². The third-order valence-corrected chi connectivity index (χ3v) is 13.9. The van der Waals surface area contributed by atoms with Gasteiger partial charge in [0.15, 0.2) is 0 Å². The molecule has 0 aromatic heterocycles.